The van der Waals surface area contributed by atoms with Crippen molar-refractivity contribution in [3.05, 3.63) is 17.7 Å². The average Bonchev–Trinajstić information content (AvgIpc) is 2.65. The average molecular weight is 395 g/mol. The van der Waals surface area contributed by atoms with E-state index >= 15 is 0 Å². The van der Waals surface area contributed by atoms with Crippen LogP contribution in [0.25, 0.3) is 0 Å². The topological polar surface area (TPSA) is 69.3 Å². The van der Waals surface area contributed by atoms with Gasteiger partial charge in [0.05, 0.1) is 26.4 Å². The molecule has 1 aliphatic rings. The van der Waals surface area contributed by atoms with Gasteiger partial charge in [0, 0.05) is 37.8 Å². The fourth-order valence-corrected chi connectivity index (χ4v) is 3.22. The van der Waals surface area contributed by atoms with Crippen LogP contribution in [0.3, 0.4) is 0 Å². The van der Waals surface area contributed by atoms with Crippen LogP contribution < -0.4 is 19.5 Å². The minimum Gasteiger partial charge on any atom is -0.496 e. The van der Waals surface area contributed by atoms with Crippen molar-refractivity contribution < 1.29 is 23.7 Å². The van der Waals surface area contributed by atoms with E-state index in [4.69, 9.17) is 18.9 Å². The highest BCUT2D eigenvalue weighted by molar-refractivity contribution is 5.68. The summed E-state index contributed by atoms with van der Waals surface area (Å²) < 4.78 is 22.1. The molecule has 0 bridgehead atoms. The molecule has 0 unspecified atom stereocenters. The first kappa shape index (κ1) is 22.1. The highest BCUT2D eigenvalue weighted by Crippen LogP contribution is 2.34. The predicted octanol–water partition coefficient (Wildman–Crippen LogP) is 3.59. The Morgan fingerprint density at radius 3 is 2.18 bits per heavy atom. The molecule has 1 aliphatic heterocycles. The smallest absolute Gasteiger partial charge is 0.410 e. The van der Waals surface area contributed by atoms with Crippen molar-refractivity contribution in [3.63, 3.8) is 0 Å². The van der Waals surface area contributed by atoms with Gasteiger partial charge in [-0.1, -0.05) is 0 Å². The Morgan fingerprint density at radius 2 is 1.71 bits per heavy atom. The highest BCUT2D eigenvalue weighted by Gasteiger charge is 2.27. The van der Waals surface area contributed by atoms with Crippen molar-refractivity contribution in [1.82, 2.24) is 10.2 Å². The molecular weight excluding hydrogens is 360 g/mol. The minimum absolute atomic E-state index is 0.235. The molecule has 0 saturated carbocycles. The summed E-state index contributed by atoms with van der Waals surface area (Å²) >= 11 is 0. The normalized spacial score (nSPS) is 15.3. The molecule has 7 nitrogen and oxygen atoms in total. The number of likely N-dealkylation sites (tertiary alicyclic amines) is 1. The van der Waals surface area contributed by atoms with Gasteiger partial charge >= 0.3 is 6.09 Å². The third-order valence-corrected chi connectivity index (χ3v) is 4.61. The second-order valence-electron chi connectivity index (χ2n) is 7.86. The van der Waals surface area contributed by atoms with Crippen LogP contribution in [-0.4, -0.2) is 56.6 Å². The second-order valence-corrected chi connectivity index (χ2v) is 7.86. The van der Waals surface area contributed by atoms with Crippen molar-refractivity contribution in [2.45, 2.75) is 58.7 Å². The SMILES string of the molecule is CCOc1cc(OC)c(CNC2CCN(C(=O)OC(C)(C)C)CC2)c(OC)c1. The first-order chi connectivity index (χ1) is 13.3. The van der Waals surface area contributed by atoms with E-state index in [9.17, 15) is 4.79 Å². The molecule has 1 N–H and O–H groups in total. The highest BCUT2D eigenvalue weighted by atomic mass is 16.6. The summed E-state index contributed by atoms with van der Waals surface area (Å²) in [7, 11) is 3.29. The van der Waals surface area contributed by atoms with Gasteiger partial charge in [0.2, 0.25) is 0 Å². The summed E-state index contributed by atoms with van der Waals surface area (Å²) in [6.07, 6.45) is 1.52. The van der Waals surface area contributed by atoms with Crippen molar-refractivity contribution in [1.29, 1.82) is 0 Å². The Labute approximate surface area is 168 Å². The van der Waals surface area contributed by atoms with Gasteiger partial charge in [-0.05, 0) is 40.5 Å². The van der Waals surface area contributed by atoms with E-state index in [1.165, 1.54) is 0 Å². The molecule has 1 aromatic carbocycles. The summed E-state index contributed by atoms with van der Waals surface area (Å²) in [5, 5.41) is 3.57. The van der Waals surface area contributed by atoms with Gasteiger partial charge in [-0.15, -0.1) is 0 Å². The zero-order chi connectivity index (χ0) is 20.7. The zero-order valence-electron chi connectivity index (χ0n) is 18.0. The summed E-state index contributed by atoms with van der Waals surface area (Å²) in [6, 6.07) is 4.09. The Hall–Kier alpha value is -2.15. The molecule has 1 amide bonds. The molecule has 0 spiro atoms. The van der Waals surface area contributed by atoms with E-state index in [-0.39, 0.29) is 6.09 Å². The maximum atomic E-state index is 12.2. The van der Waals surface area contributed by atoms with Crippen LogP contribution in [0.5, 0.6) is 17.2 Å². The van der Waals surface area contributed by atoms with Crippen LogP contribution in [0.4, 0.5) is 4.79 Å². The van der Waals surface area contributed by atoms with E-state index in [0.29, 0.717) is 32.3 Å². The summed E-state index contributed by atoms with van der Waals surface area (Å²) in [5.41, 5.74) is 0.496. The third kappa shape index (κ3) is 6.19. The Bertz CT molecular complexity index is 624. The number of nitrogens with zero attached hydrogens (tertiary/aromatic N) is 1. The number of hydrogen-bond acceptors (Lipinski definition) is 6. The Kier molecular flexibility index (Phi) is 7.80. The fraction of sp³-hybridized carbons (Fsp3) is 0.667. The first-order valence-electron chi connectivity index (χ1n) is 9.86. The van der Waals surface area contributed by atoms with Crippen LogP contribution in [0.15, 0.2) is 12.1 Å². The van der Waals surface area contributed by atoms with Crippen LogP contribution in [0.1, 0.15) is 46.1 Å². The van der Waals surface area contributed by atoms with Gasteiger partial charge < -0.3 is 29.2 Å². The first-order valence-corrected chi connectivity index (χ1v) is 9.86. The molecule has 0 atom stereocenters. The molecule has 1 aromatic rings. The van der Waals surface area contributed by atoms with Crippen molar-refractivity contribution in [3.8, 4) is 17.2 Å². The fourth-order valence-electron chi connectivity index (χ4n) is 3.22. The molecule has 7 heteroatoms. The number of carbonyl (C=O) groups excluding carboxylic acids is 1. The summed E-state index contributed by atoms with van der Waals surface area (Å²) in [4.78, 5) is 14.0. The van der Waals surface area contributed by atoms with Crippen LogP contribution >= 0.6 is 0 Å². The van der Waals surface area contributed by atoms with Gasteiger partial charge in [0.15, 0.2) is 0 Å². The number of hydrogen-bond donors (Lipinski definition) is 1. The monoisotopic (exact) mass is 394 g/mol. The van der Waals surface area contributed by atoms with E-state index in [0.717, 1.165) is 35.7 Å². The number of benzene rings is 1. The third-order valence-electron chi connectivity index (χ3n) is 4.61. The number of methoxy groups -OCH3 is 2. The van der Waals surface area contributed by atoms with Crippen LogP contribution in [-0.2, 0) is 11.3 Å². The van der Waals surface area contributed by atoms with Gasteiger partial charge in [-0.3, -0.25) is 0 Å². The molecule has 2 rings (SSSR count). The lowest BCUT2D eigenvalue weighted by molar-refractivity contribution is 0.0198. The molecule has 0 aliphatic carbocycles. The molecule has 1 fully saturated rings. The number of rotatable bonds is 7. The lowest BCUT2D eigenvalue weighted by Gasteiger charge is -2.34. The van der Waals surface area contributed by atoms with Crippen molar-refractivity contribution in [2.75, 3.05) is 33.9 Å². The molecular formula is C21H34N2O5. The number of nitrogens with one attached hydrogen (secondary N) is 1. The molecule has 158 valence electrons. The van der Waals surface area contributed by atoms with E-state index < -0.39 is 5.60 Å². The van der Waals surface area contributed by atoms with E-state index in [1.807, 2.05) is 39.8 Å². The zero-order valence-corrected chi connectivity index (χ0v) is 18.0. The number of amides is 1. The standard InChI is InChI=1S/C21H34N2O5/c1-7-27-16-12-18(25-5)17(19(13-16)26-6)14-22-15-8-10-23(11-9-15)20(24)28-21(2,3)4/h12-13,15,22H,7-11,14H2,1-6H3. The van der Waals surface area contributed by atoms with Gasteiger partial charge in [-0.2, -0.15) is 0 Å². The lowest BCUT2D eigenvalue weighted by atomic mass is 10.0. The minimum atomic E-state index is -0.465. The Morgan fingerprint density at radius 1 is 1.14 bits per heavy atom. The summed E-state index contributed by atoms with van der Waals surface area (Å²) in [5.74, 6) is 2.20. The van der Waals surface area contributed by atoms with Crippen LogP contribution in [0, 0.1) is 0 Å². The maximum Gasteiger partial charge on any atom is 0.410 e. The number of ether oxygens (including phenoxy) is 4. The van der Waals surface area contributed by atoms with Crippen molar-refractivity contribution >= 4 is 6.09 Å². The second kappa shape index (κ2) is 9.87. The van der Waals surface area contributed by atoms with E-state index in [1.54, 1.807) is 19.1 Å². The molecule has 0 radical (unpaired) electrons. The quantitative estimate of drug-likeness (QED) is 0.762. The van der Waals surface area contributed by atoms with Gasteiger partial charge in [0.25, 0.3) is 0 Å². The molecule has 0 aromatic heterocycles. The molecule has 28 heavy (non-hydrogen) atoms. The van der Waals surface area contributed by atoms with Crippen LogP contribution in [0.2, 0.25) is 0 Å². The summed E-state index contributed by atoms with van der Waals surface area (Å²) in [6.45, 7) is 10.2. The number of piperidine rings is 1. The largest absolute Gasteiger partial charge is 0.496 e. The van der Waals surface area contributed by atoms with Gasteiger partial charge in [-0.25, -0.2) is 4.79 Å². The lowest BCUT2D eigenvalue weighted by Crippen LogP contribution is -2.46. The van der Waals surface area contributed by atoms with Crippen molar-refractivity contribution in [2.24, 2.45) is 0 Å². The predicted molar refractivity (Wildman–Crippen MR) is 108 cm³/mol. The maximum absolute atomic E-state index is 12.2. The van der Waals surface area contributed by atoms with E-state index in [2.05, 4.69) is 5.32 Å². The number of carbonyl (C=O) groups is 1. The molecule has 1 saturated heterocycles. The molecule has 1 heterocycles. The Balaban J connectivity index is 1.94. The van der Waals surface area contributed by atoms with Gasteiger partial charge in [0.1, 0.15) is 22.8 Å².